The molecule has 3 aromatic heterocycles. The highest BCUT2D eigenvalue weighted by atomic mass is 32.3. The molecule has 3 aromatic rings. The summed E-state index contributed by atoms with van der Waals surface area (Å²) in [5.74, 6) is 5.00. The Labute approximate surface area is 505 Å². The van der Waals surface area contributed by atoms with Gasteiger partial charge in [0, 0.05) is 29.3 Å². The Bertz CT molecular complexity index is 2300. The zero-order valence-electron chi connectivity index (χ0n) is 40.5. The van der Waals surface area contributed by atoms with Crippen LogP contribution in [0.2, 0.25) is 0 Å². The molecule has 0 aliphatic carbocycles. The van der Waals surface area contributed by atoms with Crippen molar-refractivity contribution in [3.05, 3.63) is 105 Å². The average Bonchev–Trinajstić information content (AvgIpc) is 4.21. The molecule has 0 fully saturated rings. The van der Waals surface area contributed by atoms with Crippen LogP contribution in [0.1, 0.15) is 140 Å². The third kappa shape index (κ3) is 17.1. The van der Waals surface area contributed by atoms with Crippen LogP contribution < -0.4 is 0 Å². The molecule has 382 valence electrons. The maximum atomic E-state index is 2.42. The second-order valence-electron chi connectivity index (χ2n) is 16.8. The molecular weight excluding hydrogens is 1230 g/mol. The summed E-state index contributed by atoms with van der Waals surface area (Å²) in [6, 6.07) is 14.0. The molecule has 0 spiro atoms. The van der Waals surface area contributed by atoms with Gasteiger partial charge in [-0.3, -0.25) is 0 Å². The zero-order chi connectivity index (χ0) is 48.8. The lowest BCUT2D eigenvalue weighted by Crippen LogP contribution is -1.83. The van der Waals surface area contributed by atoms with E-state index < -0.39 is 0 Å². The molecular formula is C52H60S19. The summed E-state index contributed by atoms with van der Waals surface area (Å²) in [5, 5.41) is 0. The molecule has 0 nitrogen and oxygen atoms in total. The van der Waals surface area contributed by atoms with Gasteiger partial charge in [0.1, 0.15) is 0 Å². The first-order valence-electron chi connectivity index (χ1n) is 24.8. The van der Waals surface area contributed by atoms with E-state index in [9.17, 15) is 0 Å². The van der Waals surface area contributed by atoms with Gasteiger partial charge in [-0.2, -0.15) is 0 Å². The Morgan fingerprint density at radius 2 is 0.563 bits per heavy atom. The van der Waals surface area contributed by atoms with E-state index >= 15 is 0 Å². The van der Waals surface area contributed by atoms with Crippen molar-refractivity contribution < 1.29 is 0 Å². The van der Waals surface area contributed by atoms with Crippen molar-refractivity contribution in [3.8, 4) is 19.5 Å². The lowest BCUT2D eigenvalue weighted by atomic mass is 10.2. The molecule has 6 aliphatic rings. The number of thiophene rings is 3. The third-order valence-electron chi connectivity index (χ3n) is 11.0. The Morgan fingerprint density at radius 1 is 0.296 bits per heavy atom. The molecule has 0 saturated carbocycles. The molecule has 0 N–H and O–H groups in total. The second kappa shape index (κ2) is 31.0. The number of unbranched alkanes of at least 4 members (excludes halogenated alkanes) is 12. The van der Waals surface area contributed by atoms with Gasteiger partial charge in [-0.05, 0) is 97.2 Å². The predicted octanol–water partition coefficient (Wildman–Crippen LogP) is 26.7. The monoisotopic (exact) mass is 1290 g/mol. The van der Waals surface area contributed by atoms with Crippen LogP contribution in [0, 0.1) is 0 Å². The van der Waals surface area contributed by atoms with Crippen LogP contribution in [0.15, 0.2) is 95.7 Å². The minimum Gasteiger partial charge on any atom is -0.135 e. The molecule has 9 heterocycles. The lowest BCUT2D eigenvalue weighted by molar-refractivity contribution is 0.707. The van der Waals surface area contributed by atoms with Gasteiger partial charge in [0.15, 0.2) is 0 Å². The van der Waals surface area contributed by atoms with E-state index in [4.69, 9.17) is 0 Å². The summed E-state index contributed by atoms with van der Waals surface area (Å²) in [4.78, 5) is 8.13. The summed E-state index contributed by atoms with van der Waals surface area (Å²) in [6.07, 6.45) is 26.3. The topological polar surface area (TPSA) is 0 Å². The van der Waals surface area contributed by atoms with Gasteiger partial charge in [0.25, 0.3) is 0 Å². The molecule has 0 aromatic carbocycles. The summed E-state index contributed by atoms with van der Waals surface area (Å²) in [5.41, 5.74) is 0. The van der Waals surface area contributed by atoms with Crippen molar-refractivity contribution in [3.63, 3.8) is 0 Å². The molecule has 0 atom stereocenters. The molecule has 0 bridgehead atoms. The Balaban J connectivity index is 0.745. The van der Waals surface area contributed by atoms with Gasteiger partial charge in [0.05, 0.1) is 59.3 Å². The quantitative estimate of drug-likeness (QED) is 0.0633. The molecule has 19 heteroatoms. The van der Waals surface area contributed by atoms with E-state index in [0.717, 1.165) is 0 Å². The van der Waals surface area contributed by atoms with Crippen LogP contribution >= 0.6 is 222 Å². The van der Waals surface area contributed by atoms with Crippen molar-refractivity contribution in [2.24, 2.45) is 0 Å². The second-order valence-corrected chi connectivity index (χ2v) is 40.5. The molecule has 0 saturated heterocycles. The summed E-state index contributed by atoms with van der Waals surface area (Å²) < 4.78 is 21.0. The van der Waals surface area contributed by atoms with Crippen molar-refractivity contribution in [2.75, 3.05) is 23.0 Å². The first-order chi connectivity index (χ1) is 35.0. The number of hydrogen-bond acceptors (Lipinski definition) is 19. The van der Waals surface area contributed by atoms with E-state index in [1.54, 1.807) is 16.9 Å². The van der Waals surface area contributed by atoms with Crippen molar-refractivity contribution >= 4 is 234 Å². The maximum Gasteiger partial charge on any atom is 0.0718 e. The normalized spacial score (nSPS) is 18.1. The minimum absolute atomic E-state index is 1.25. The Hall–Kier alpha value is 2.62. The van der Waals surface area contributed by atoms with Crippen molar-refractivity contribution in [1.82, 2.24) is 0 Å². The lowest BCUT2D eigenvalue weighted by Gasteiger charge is -2.05. The summed E-state index contributed by atoms with van der Waals surface area (Å²) in [7, 11) is 0. The van der Waals surface area contributed by atoms with Crippen LogP contribution in [-0.4, -0.2) is 23.0 Å². The minimum atomic E-state index is 1.25. The van der Waals surface area contributed by atoms with E-state index in [0.29, 0.717) is 0 Å². The largest absolute Gasteiger partial charge is 0.135 e. The third-order valence-corrected chi connectivity index (χ3v) is 38.0. The zero-order valence-corrected chi connectivity index (χ0v) is 56.0. The van der Waals surface area contributed by atoms with Gasteiger partial charge >= 0.3 is 0 Å². The van der Waals surface area contributed by atoms with Crippen LogP contribution in [-0.2, 0) is 0 Å². The van der Waals surface area contributed by atoms with Crippen molar-refractivity contribution in [2.45, 2.75) is 130 Å². The number of hydrogen-bond donors (Lipinski definition) is 0. The van der Waals surface area contributed by atoms with Crippen LogP contribution in [0.25, 0.3) is 31.7 Å². The highest BCUT2D eigenvalue weighted by Gasteiger charge is 2.36. The highest BCUT2D eigenvalue weighted by Crippen LogP contribution is 2.72. The van der Waals surface area contributed by atoms with Crippen molar-refractivity contribution in [1.29, 1.82) is 0 Å². The predicted molar refractivity (Wildman–Crippen MR) is 367 cm³/mol. The fourth-order valence-electron chi connectivity index (χ4n) is 7.29. The van der Waals surface area contributed by atoms with Gasteiger partial charge in [-0.1, -0.05) is 246 Å². The van der Waals surface area contributed by atoms with E-state index in [1.165, 1.54) is 197 Å². The SMILES string of the molecule is CCCCCCSC1=C(SCCCCCC)SC(=C2SC3=C(SC(=Cc4ccc(-c5ccc(-c6ccc(C=C7SC8=C(S7)SC(=C7SC(SCCCCCC)=C(SCCCCCC)S7)S8)s6)s5)s4)S3)S2)S1. The van der Waals surface area contributed by atoms with Gasteiger partial charge < -0.3 is 0 Å². The van der Waals surface area contributed by atoms with Crippen LogP contribution in [0.3, 0.4) is 0 Å². The maximum absolute atomic E-state index is 2.42. The van der Waals surface area contributed by atoms with E-state index in [1.807, 2.05) is 128 Å². The summed E-state index contributed by atoms with van der Waals surface area (Å²) in [6.45, 7) is 9.23. The Morgan fingerprint density at radius 3 is 0.873 bits per heavy atom. The summed E-state index contributed by atoms with van der Waals surface area (Å²) >= 11 is 38.5. The Kier molecular flexibility index (Phi) is 25.4. The smallest absolute Gasteiger partial charge is 0.0718 e. The molecule has 71 heavy (non-hydrogen) atoms. The van der Waals surface area contributed by atoms with Crippen LogP contribution in [0.5, 0.6) is 0 Å². The molecule has 6 aliphatic heterocycles. The first-order valence-corrected chi connectivity index (χ1v) is 41.0. The number of rotatable bonds is 28. The molecule has 9 rings (SSSR count). The average molecular weight is 1290 g/mol. The molecule has 0 amide bonds. The number of thioether (sulfide) groups is 16. The van der Waals surface area contributed by atoms with Crippen LogP contribution in [0.4, 0.5) is 0 Å². The fourth-order valence-corrected chi connectivity index (χ4v) is 35.8. The highest BCUT2D eigenvalue weighted by molar-refractivity contribution is 8.51. The molecule has 0 unspecified atom stereocenters. The first kappa shape index (κ1) is 58.3. The van der Waals surface area contributed by atoms with Gasteiger partial charge in [0.2, 0.25) is 0 Å². The van der Waals surface area contributed by atoms with Gasteiger partial charge in [-0.25, -0.2) is 0 Å². The van der Waals surface area contributed by atoms with E-state index in [2.05, 4.69) is 170 Å². The van der Waals surface area contributed by atoms with Gasteiger partial charge in [-0.15, -0.1) is 81.1 Å². The standard InChI is InChI=1S/C52H60S19/c1-5-9-13-17-27-53-41-42(54-28-18-14-10-6-2)65-49(64-41)51-68-45-46(69-51)61-39(60-45)31-33-21-23-35(57-33)37-25-26-38(59-37)36-24-22-34(58-36)32-40-62-47-48(63-40)71-52(70-47)50-66-43(55-29-19-15-11-7-3)44(67-50)56-30-20-16-12-8-4/h21-26,31-32H,5-20,27-30H2,1-4H3. The fraction of sp³-hybridized carbons (Fsp3) is 0.462. The molecule has 0 radical (unpaired) electrons. The van der Waals surface area contributed by atoms with E-state index in [-0.39, 0.29) is 0 Å².